The summed E-state index contributed by atoms with van der Waals surface area (Å²) in [6.07, 6.45) is -4.47. The first-order valence-corrected chi connectivity index (χ1v) is 10.3. The zero-order valence-electron chi connectivity index (χ0n) is 17.3. The van der Waals surface area contributed by atoms with Crippen molar-refractivity contribution in [1.29, 1.82) is 0 Å². The first-order valence-electron chi connectivity index (χ1n) is 10.3. The number of ether oxygens (including phenoxy) is 1. The fourth-order valence-corrected chi connectivity index (χ4v) is 3.64. The highest BCUT2D eigenvalue weighted by atomic mass is 19.4. The van der Waals surface area contributed by atoms with Gasteiger partial charge in [0, 0.05) is 26.2 Å². The molecule has 0 radical (unpaired) electrons. The maximum Gasteiger partial charge on any atom is 0.416 e. The highest BCUT2D eigenvalue weighted by Gasteiger charge is 2.32. The van der Waals surface area contributed by atoms with Gasteiger partial charge in [-0.3, -0.25) is 9.69 Å². The predicted octanol–water partition coefficient (Wildman–Crippen LogP) is 4.90. The lowest BCUT2D eigenvalue weighted by Crippen LogP contribution is -2.53. The zero-order chi connectivity index (χ0) is 22.6. The lowest BCUT2D eigenvalue weighted by Gasteiger charge is -2.39. The van der Waals surface area contributed by atoms with Crippen LogP contribution in [0.3, 0.4) is 0 Å². The Morgan fingerprint density at radius 3 is 2.38 bits per heavy atom. The summed E-state index contributed by atoms with van der Waals surface area (Å²) in [6.45, 7) is 2.00. The second-order valence-electron chi connectivity index (χ2n) is 7.80. The predicted molar refractivity (Wildman–Crippen MR) is 115 cm³/mol. The molecule has 0 unspecified atom stereocenters. The summed E-state index contributed by atoms with van der Waals surface area (Å²) in [7, 11) is 0. The molecule has 1 amide bonds. The number of likely N-dealkylation sites (tertiary alicyclic amines) is 1. The van der Waals surface area contributed by atoms with Crippen LogP contribution in [0, 0.1) is 0 Å². The quantitative estimate of drug-likeness (QED) is 0.568. The molecule has 166 valence electrons. The Kier molecular flexibility index (Phi) is 6.46. The lowest BCUT2D eigenvalue weighted by molar-refractivity contribution is -0.137. The van der Waals surface area contributed by atoms with E-state index in [1.54, 1.807) is 24.3 Å². The summed E-state index contributed by atoms with van der Waals surface area (Å²) in [6, 6.07) is 22.1. The number of alkyl halides is 3. The van der Waals surface area contributed by atoms with Crippen molar-refractivity contribution in [3.05, 3.63) is 101 Å². The molecule has 1 saturated heterocycles. The third-order valence-electron chi connectivity index (χ3n) is 5.31. The fourth-order valence-electron chi connectivity index (χ4n) is 3.64. The number of amides is 1. The van der Waals surface area contributed by atoms with Crippen molar-refractivity contribution in [3.8, 4) is 5.75 Å². The molecule has 0 bridgehead atoms. The Morgan fingerprint density at radius 2 is 1.62 bits per heavy atom. The van der Waals surface area contributed by atoms with E-state index in [1.807, 2.05) is 41.3 Å². The van der Waals surface area contributed by atoms with Crippen LogP contribution < -0.4 is 10.1 Å². The summed E-state index contributed by atoms with van der Waals surface area (Å²) < 4.78 is 44.7. The van der Waals surface area contributed by atoms with Crippen LogP contribution >= 0.6 is 0 Å². The lowest BCUT2D eigenvalue weighted by atomic mass is 10.1. The molecule has 0 spiro atoms. The molecule has 4 rings (SSSR count). The molecule has 0 aliphatic carbocycles. The zero-order valence-corrected chi connectivity index (χ0v) is 17.3. The summed E-state index contributed by atoms with van der Waals surface area (Å²) in [5.41, 5.74) is 1.43. The van der Waals surface area contributed by atoms with Crippen molar-refractivity contribution in [2.75, 3.05) is 13.1 Å². The van der Waals surface area contributed by atoms with Crippen molar-refractivity contribution in [3.63, 3.8) is 0 Å². The minimum atomic E-state index is -4.35. The molecular formula is C25H23F3N2O2. The van der Waals surface area contributed by atoms with E-state index in [0.29, 0.717) is 43.1 Å². The molecule has 0 saturated carbocycles. The third-order valence-corrected chi connectivity index (χ3v) is 5.31. The molecule has 3 aromatic carbocycles. The van der Waals surface area contributed by atoms with Crippen molar-refractivity contribution >= 4 is 5.91 Å². The van der Waals surface area contributed by atoms with E-state index in [0.717, 1.165) is 11.6 Å². The Labute approximate surface area is 184 Å². The first kappa shape index (κ1) is 21.9. The molecule has 1 N–H and O–H groups in total. The van der Waals surface area contributed by atoms with Gasteiger partial charge in [0.1, 0.15) is 11.9 Å². The van der Waals surface area contributed by atoms with E-state index in [2.05, 4.69) is 5.32 Å². The Morgan fingerprint density at radius 1 is 0.938 bits per heavy atom. The largest absolute Gasteiger partial charge is 0.487 e. The highest BCUT2D eigenvalue weighted by Crippen LogP contribution is 2.30. The van der Waals surface area contributed by atoms with Gasteiger partial charge >= 0.3 is 6.18 Å². The number of carbonyl (C=O) groups is 1. The van der Waals surface area contributed by atoms with Gasteiger partial charge < -0.3 is 10.1 Å². The normalized spacial score (nSPS) is 14.6. The van der Waals surface area contributed by atoms with E-state index in [4.69, 9.17) is 4.74 Å². The molecule has 1 aliphatic rings. The number of halogens is 3. The summed E-state index contributed by atoms with van der Waals surface area (Å²) >= 11 is 0. The van der Waals surface area contributed by atoms with Gasteiger partial charge in [0.25, 0.3) is 5.91 Å². The number of hydrogen-bond donors (Lipinski definition) is 1. The van der Waals surface area contributed by atoms with Gasteiger partial charge in [-0.2, -0.15) is 13.2 Å². The standard InChI is InChI=1S/C25H23F3N2O2/c26-25(27,28)20-10-6-9-19(13-20)15-30-16-21(17-30)32-23-12-5-4-11-22(23)24(31)29-14-18-7-2-1-3-8-18/h1-13,21H,14-17H2,(H,29,31). The molecule has 1 fully saturated rings. The Hall–Kier alpha value is -3.32. The number of para-hydroxylation sites is 1. The van der Waals surface area contributed by atoms with Crippen LogP contribution in [-0.2, 0) is 19.3 Å². The average molecular weight is 440 g/mol. The molecule has 32 heavy (non-hydrogen) atoms. The van der Waals surface area contributed by atoms with Gasteiger partial charge in [0.2, 0.25) is 0 Å². The number of hydrogen-bond acceptors (Lipinski definition) is 3. The maximum atomic E-state index is 12.9. The molecule has 1 heterocycles. The van der Waals surface area contributed by atoms with Gasteiger partial charge in [0.15, 0.2) is 0 Å². The average Bonchev–Trinajstić information content (AvgIpc) is 2.76. The van der Waals surface area contributed by atoms with Crippen LogP contribution in [0.1, 0.15) is 27.0 Å². The molecule has 1 aliphatic heterocycles. The van der Waals surface area contributed by atoms with Crippen LogP contribution in [0.15, 0.2) is 78.9 Å². The van der Waals surface area contributed by atoms with E-state index in [9.17, 15) is 18.0 Å². The maximum absolute atomic E-state index is 12.9. The van der Waals surface area contributed by atoms with Gasteiger partial charge in [-0.05, 0) is 29.3 Å². The summed E-state index contributed by atoms with van der Waals surface area (Å²) in [5, 5.41) is 2.90. The van der Waals surface area contributed by atoms with E-state index >= 15 is 0 Å². The van der Waals surface area contributed by atoms with Crippen LogP contribution in [0.2, 0.25) is 0 Å². The smallest absolute Gasteiger partial charge is 0.416 e. The van der Waals surface area contributed by atoms with Crippen LogP contribution in [0.5, 0.6) is 5.75 Å². The van der Waals surface area contributed by atoms with E-state index < -0.39 is 11.7 Å². The summed E-state index contributed by atoms with van der Waals surface area (Å²) in [4.78, 5) is 14.7. The Bertz CT molecular complexity index is 1060. The van der Waals surface area contributed by atoms with Gasteiger partial charge in [-0.1, -0.05) is 60.7 Å². The second kappa shape index (κ2) is 9.44. The monoisotopic (exact) mass is 440 g/mol. The van der Waals surface area contributed by atoms with E-state index in [1.165, 1.54) is 12.1 Å². The second-order valence-corrected chi connectivity index (χ2v) is 7.80. The Balaban J connectivity index is 1.31. The topological polar surface area (TPSA) is 41.6 Å². The number of rotatable bonds is 7. The third kappa shape index (κ3) is 5.48. The molecular weight excluding hydrogens is 417 g/mol. The molecule has 7 heteroatoms. The number of benzene rings is 3. The SMILES string of the molecule is O=C(NCc1ccccc1)c1ccccc1OC1CN(Cc2cccc(C(F)(F)F)c2)C1. The van der Waals surface area contributed by atoms with Gasteiger partial charge in [0.05, 0.1) is 11.1 Å². The molecule has 4 nitrogen and oxygen atoms in total. The summed E-state index contributed by atoms with van der Waals surface area (Å²) in [5.74, 6) is 0.284. The van der Waals surface area contributed by atoms with Crippen molar-refractivity contribution in [2.24, 2.45) is 0 Å². The van der Waals surface area contributed by atoms with Crippen LogP contribution in [-0.4, -0.2) is 30.0 Å². The van der Waals surface area contributed by atoms with Crippen molar-refractivity contribution in [1.82, 2.24) is 10.2 Å². The fraction of sp³-hybridized carbons (Fsp3) is 0.240. The minimum absolute atomic E-state index is 0.121. The number of nitrogens with zero attached hydrogens (tertiary/aromatic N) is 1. The van der Waals surface area contributed by atoms with Crippen molar-refractivity contribution in [2.45, 2.75) is 25.4 Å². The molecule has 0 atom stereocenters. The van der Waals surface area contributed by atoms with Crippen LogP contribution in [0.25, 0.3) is 0 Å². The van der Waals surface area contributed by atoms with Crippen molar-refractivity contribution < 1.29 is 22.7 Å². The molecule has 0 aromatic heterocycles. The van der Waals surface area contributed by atoms with Gasteiger partial charge in [-0.25, -0.2) is 0 Å². The molecule has 3 aromatic rings. The van der Waals surface area contributed by atoms with E-state index in [-0.39, 0.29) is 12.0 Å². The number of carbonyl (C=O) groups excluding carboxylic acids is 1. The van der Waals surface area contributed by atoms with Crippen LogP contribution in [0.4, 0.5) is 13.2 Å². The highest BCUT2D eigenvalue weighted by molar-refractivity contribution is 5.96. The minimum Gasteiger partial charge on any atom is -0.487 e. The number of nitrogens with one attached hydrogen (secondary N) is 1. The van der Waals surface area contributed by atoms with Gasteiger partial charge in [-0.15, -0.1) is 0 Å². The first-order chi connectivity index (χ1) is 15.4.